The van der Waals surface area contributed by atoms with E-state index in [1.807, 2.05) is 0 Å². The number of nitro groups is 1. The number of aromatic hydroxyl groups is 1. The Morgan fingerprint density at radius 2 is 2.05 bits per heavy atom. The highest BCUT2D eigenvalue weighted by Crippen LogP contribution is 2.33. The molecule has 0 bridgehead atoms. The van der Waals surface area contributed by atoms with E-state index in [0.717, 1.165) is 6.07 Å². The van der Waals surface area contributed by atoms with Gasteiger partial charge in [-0.1, -0.05) is 6.07 Å². The molecule has 0 aromatic heterocycles. The van der Waals surface area contributed by atoms with E-state index in [0.29, 0.717) is 0 Å². The number of benzene rings is 2. The zero-order chi connectivity index (χ0) is 15.4. The van der Waals surface area contributed by atoms with Gasteiger partial charge < -0.3 is 15.2 Å². The lowest BCUT2D eigenvalue weighted by Gasteiger charge is -2.08. The van der Waals surface area contributed by atoms with E-state index in [9.17, 15) is 20.0 Å². The molecule has 0 spiro atoms. The number of carbonyl (C=O) groups is 1. The number of nitro benzene ring substituents is 1. The number of phenols is 1. The maximum absolute atomic E-state index is 11.5. The lowest BCUT2D eigenvalue weighted by atomic mass is 10.1. The molecule has 0 atom stereocenters. The van der Waals surface area contributed by atoms with Gasteiger partial charge in [-0.05, 0) is 24.3 Å². The molecule has 0 aliphatic carbocycles. The van der Waals surface area contributed by atoms with Crippen LogP contribution in [0.2, 0.25) is 0 Å². The lowest BCUT2D eigenvalue weighted by Crippen LogP contribution is -2.17. The summed E-state index contributed by atoms with van der Waals surface area (Å²) in [6.07, 6.45) is 0. The van der Waals surface area contributed by atoms with Crippen molar-refractivity contribution in [2.24, 2.45) is 0 Å². The van der Waals surface area contributed by atoms with E-state index in [4.69, 9.17) is 4.74 Å². The van der Waals surface area contributed by atoms with Gasteiger partial charge >= 0.3 is 5.69 Å². The Morgan fingerprint density at radius 3 is 2.67 bits per heavy atom. The molecule has 7 heteroatoms. The summed E-state index contributed by atoms with van der Waals surface area (Å²) in [5.74, 6) is -0.205. The second kappa shape index (κ2) is 5.91. The molecule has 0 radical (unpaired) electrons. The number of hydrogen-bond donors (Lipinski definition) is 2. The van der Waals surface area contributed by atoms with E-state index in [-0.39, 0.29) is 28.5 Å². The zero-order valence-corrected chi connectivity index (χ0v) is 11.1. The van der Waals surface area contributed by atoms with Crippen molar-refractivity contribution in [1.29, 1.82) is 0 Å². The van der Waals surface area contributed by atoms with Crippen molar-refractivity contribution in [2.45, 2.75) is 0 Å². The Bertz CT molecular complexity index is 700. The van der Waals surface area contributed by atoms with Crippen LogP contribution >= 0.6 is 0 Å². The van der Waals surface area contributed by atoms with Crippen LogP contribution in [0.25, 0.3) is 0 Å². The predicted molar refractivity (Wildman–Crippen MR) is 74.7 cm³/mol. The molecular formula is C14H12N2O5. The van der Waals surface area contributed by atoms with Crippen LogP contribution in [0.5, 0.6) is 17.2 Å². The average molecular weight is 288 g/mol. The summed E-state index contributed by atoms with van der Waals surface area (Å²) in [4.78, 5) is 21.9. The summed E-state index contributed by atoms with van der Waals surface area (Å²) in [7, 11) is 1.44. The molecule has 0 aliphatic heterocycles. The average Bonchev–Trinajstić information content (AvgIpc) is 2.46. The minimum Gasteiger partial charge on any atom is -0.508 e. The molecule has 0 heterocycles. The summed E-state index contributed by atoms with van der Waals surface area (Å²) >= 11 is 0. The first-order valence-electron chi connectivity index (χ1n) is 5.98. The molecule has 2 aromatic carbocycles. The third-order valence-corrected chi connectivity index (χ3v) is 2.69. The molecule has 1 amide bonds. The predicted octanol–water partition coefficient (Wildman–Crippen LogP) is 2.45. The van der Waals surface area contributed by atoms with Crippen molar-refractivity contribution in [2.75, 3.05) is 7.05 Å². The van der Waals surface area contributed by atoms with Crippen LogP contribution in [0.15, 0.2) is 42.5 Å². The van der Waals surface area contributed by atoms with Gasteiger partial charge in [0.05, 0.1) is 4.92 Å². The van der Waals surface area contributed by atoms with E-state index in [1.54, 1.807) is 12.1 Å². The van der Waals surface area contributed by atoms with Crippen LogP contribution in [0.4, 0.5) is 5.69 Å². The fourth-order valence-corrected chi connectivity index (χ4v) is 1.71. The fraction of sp³-hybridized carbons (Fsp3) is 0.0714. The largest absolute Gasteiger partial charge is 0.508 e. The number of carbonyl (C=O) groups excluding carboxylic acids is 1. The van der Waals surface area contributed by atoms with Gasteiger partial charge in [0.15, 0.2) is 0 Å². The summed E-state index contributed by atoms with van der Waals surface area (Å²) < 4.78 is 5.39. The summed E-state index contributed by atoms with van der Waals surface area (Å²) in [6.45, 7) is 0. The normalized spacial score (nSPS) is 9.95. The van der Waals surface area contributed by atoms with Crippen LogP contribution in [0, 0.1) is 10.1 Å². The summed E-state index contributed by atoms with van der Waals surface area (Å²) in [5, 5.41) is 22.8. The van der Waals surface area contributed by atoms with Gasteiger partial charge in [0.25, 0.3) is 5.91 Å². The highest BCUT2D eigenvalue weighted by atomic mass is 16.6. The lowest BCUT2D eigenvalue weighted by molar-refractivity contribution is -0.385. The number of phenolic OH excluding ortho intramolecular Hbond substituents is 1. The molecule has 2 aromatic rings. The van der Waals surface area contributed by atoms with Gasteiger partial charge in [-0.3, -0.25) is 14.9 Å². The van der Waals surface area contributed by atoms with Crippen LogP contribution in [0.1, 0.15) is 10.4 Å². The SMILES string of the molecule is CNC(=O)c1ccc(Oc2cccc(O)c2)c([N+](=O)[O-])c1. The molecule has 2 rings (SSSR count). The van der Waals surface area contributed by atoms with Gasteiger partial charge in [-0.2, -0.15) is 0 Å². The van der Waals surface area contributed by atoms with E-state index in [1.165, 1.54) is 31.3 Å². The highest BCUT2D eigenvalue weighted by molar-refractivity contribution is 5.95. The fourth-order valence-electron chi connectivity index (χ4n) is 1.71. The molecule has 2 N–H and O–H groups in total. The molecule has 0 saturated carbocycles. The molecule has 108 valence electrons. The summed E-state index contributed by atoms with van der Waals surface area (Å²) in [6, 6.07) is 9.78. The van der Waals surface area contributed by atoms with E-state index in [2.05, 4.69) is 5.32 Å². The minimum absolute atomic E-state index is 0.0155. The number of amides is 1. The zero-order valence-electron chi connectivity index (χ0n) is 11.1. The van der Waals surface area contributed by atoms with Crippen molar-refractivity contribution in [3.63, 3.8) is 0 Å². The van der Waals surface area contributed by atoms with Gasteiger partial charge in [0.2, 0.25) is 5.75 Å². The molecule has 0 unspecified atom stereocenters. The number of hydrogen-bond acceptors (Lipinski definition) is 5. The first-order valence-corrected chi connectivity index (χ1v) is 5.98. The molecule has 21 heavy (non-hydrogen) atoms. The Hall–Kier alpha value is -3.09. The molecule has 7 nitrogen and oxygen atoms in total. The molecular weight excluding hydrogens is 276 g/mol. The number of rotatable bonds is 4. The monoisotopic (exact) mass is 288 g/mol. The highest BCUT2D eigenvalue weighted by Gasteiger charge is 2.19. The molecule has 0 aliphatic rings. The summed E-state index contributed by atoms with van der Waals surface area (Å²) in [5.41, 5.74) is -0.174. The Balaban J connectivity index is 2.39. The topological polar surface area (TPSA) is 102 Å². The second-order valence-corrected chi connectivity index (χ2v) is 4.12. The van der Waals surface area contributed by atoms with E-state index < -0.39 is 10.8 Å². The number of ether oxygens (including phenoxy) is 1. The van der Waals surface area contributed by atoms with Gasteiger partial charge in [0.1, 0.15) is 11.5 Å². The van der Waals surface area contributed by atoms with E-state index >= 15 is 0 Å². The molecule has 0 saturated heterocycles. The van der Waals surface area contributed by atoms with Crippen molar-refractivity contribution in [3.8, 4) is 17.2 Å². The molecule has 0 fully saturated rings. The maximum Gasteiger partial charge on any atom is 0.312 e. The third kappa shape index (κ3) is 3.27. The quantitative estimate of drug-likeness (QED) is 0.664. The van der Waals surface area contributed by atoms with Crippen molar-refractivity contribution in [3.05, 3.63) is 58.1 Å². The van der Waals surface area contributed by atoms with Crippen LogP contribution in [-0.2, 0) is 0 Å². The van der Waals surface area contributed by atoms with Crippen molar-refractivity contribution < 1.29 is 19.6 Å². The van der Waals surface area contributed by atoms with Gasteiger partial charge in [-0.25, -0.2) is 0 Å². The Labute approximate surface area is 119 Å². The standard InChI is InChI=1S/C14H12N2O5/c1-15-14(18)9-5-6-13(12(7-9)16(19)20)21-11-4-2-3-10(17)8-11/h2-8,17H,1H3,(H,15,18). The van der Waals surface area contributed by atoms with Crippen LogP contribution in [-0.4, -0.2) is 23.0 Å². The Morgan fingerprint density at radius 1 is 1.29 bits per heavy atom. The van der Waals surface area contributed by atoms with Crippen molar-refractivity contribution >= 4 is 11.6 Å². The number of nitrogens with one attached hydrogen (secondary N) is 1. The maximum atomic E-state index is 11.5. The smallest absolute Gasteiger partial charge is 0.312 e. The van der Waals surface area contributed by atoms with Crippen LogP contribution in [0.3, 0.4) is 0 Å². The van der Waals surface area contributed by atoms with Crippen molar-refractivity contribution in [1.82, 2.24) is 5.32 Å². The first-order chi connectivity index (χ1) is 10.0. The van der Waals surface area contributed by atoms with Gasteiger partial charge in [0, 0.05) is 24.7 Å². The first kappa shape index (κ1) is 14.3. The Kier molecular flexibility index (Phi) is 4.03. The second-order valence-electron chi connectivity index (χ2n) is 4.12. The minimum atomic E-state index is -0.634. The van der Waals surface area contributed by atoms with Crippen LogP contribution < -0.4 is 10.1 Å². The van der Waals surface area contributed by atoms with Gasteiger partial charge in [-0.15, -0.1) is 0 Å². The third-order valence-electron chi connectivity index (χ3n) is 2.69. The number of nitrogens with zero attached hydrogens (tertiary/aromatic N) is 1.